The highest BCUT2D eigenvalue weighted by Gasteiger charge is 2.26. The third-order valence-corrected chi connectivity index (χ3v) is 6.44. The molecule has 1 fully saturated rings. The summed E-state index contributed by atoms with van der Waals surface area (Å²) in [6.45, 7) is 5.29. The van der Waals surface area contributed by atoms with Crippen molar-refractivity contribution in [3.8, 4) is 5.69 Å². The first-order valence-corrected chi connectivity index (χ1v) is 10.9. The fourth-order valence-corrected chi connectivity index (χ4v) is 4.11. The minimum Gasteiger partial charge on any atom is -0.335 e. The van der Waals surface area contributed by atoms with Crippen molar-refractivity contribution in [3.63, 3.8) is 0 Å². The number of amides is 2. The summed E-state index contributed by atoms with van der Waals surface area (Å²) in [7, 11) is 0. The van der Waals surface area contributed by atoms with Gasteiger partial charge in [-0.3, -0.25) is 9.59 Å². The summed E-state index contributed by atoms with van der Waals surface area (Å²) >= 11 is 12.2. The van der Waals surface area contributed by atoms with Crippen LogP contribution in [-0.2, 0) is 0 Å². The number of hydrogen-bond acceptors (Lipinski definition) is 3. The van der Waals surface area contributed by atoms with Crippen LogP contribution in [-0.4, -0.2) is 57.6 Å². The van der Waals surface area contributed by atoms with Crippen LogP contribution < -0.4 is 0 Å². The molecule has 0 radical (unpaired) electrons. The molecule has 9 heteroatoms. The second kappa shape index (κ2) is 8.92. The monoisotopic (exact) mass is 474 g/mol. The van der Waals surface area contributed by atoms with E-state index in [1.165, 1.54) is 12.1 Å². The van der Waals surface area contributed by atoms with E-state index >= 15 is 0 Å². The topological polar surface area (TPSA) is 58.4 Å². The molecule has 1 aromatic heterocycles. The normalized spacial score (nSPS) is 14.0. The average Bonchev–Trinajstić information content (AvgIpc) is 3.05. The molecule has 2 heterocycles. The molecule has 0 atom stereocenters. The third-order valence-electron chi connectivity index (χ3n) is 5.58. The van der Waals surface area contributed by atoms with Gasteiger partial charge in [-0.1, -0.05) is 23.2 Å². The van der Waals surface area contributed by atoms with Crippen LogP contribution in [0.25, 0.3) is 5.69 Å². The van der Waals surface area contributed by atoms with Gasteiger partial charge in [0.05, 0.1) is 32.7 Å². The third kappa shape index (κ3) is 4.23. The van der Waals surface area contributed by atoms with Crippen molar-refractivity contribution in [3.05, 3.63) is 80.8 Å². The molecule has 32 heavy (non-hydrogen) atoms. The molecule has 0 N–H and O–H groups in total. The molecule has 166 valence electrons. The Morgan fingerprint density at radius 2 is 1.50 bits per heavy atom. The molecular weight excluding hydrogens is 454 g/mol. The van der Waals surface area contributed by atoms with Crippen molar-refractivity contribution in [2.45, 2.75) is 13.8 Å². The Bertz CT molecular complexity index is 1190. The maximum Gasteiger partial charge on any atom is 0.255 e. The summed E-state index contributed by atoms with van der Waals surface area (Å²) in [5.74, 6) is -0.862. The quantitative estimate of drug-likeness (QED) is 0.559. The van der Waals surface area contributed by atoms with Crippen LogP contribution in [0, 0.1) is 19.7 Å². The van der Waals surface area contributed by atoms with Gasteiger partial charge < -0.3 is 9.80 Å². The van der Waals surface area contributed by atoms with E-state index in [2.05, 4.69) is 5.10 Å². The molecule has 4 rings (SSSR count). The van der Waals surface area contributed by atoms with E-state index in [0.29, 0.717) is 36.8 Å². The van der Waals surface area contributed by atoms with Crippen LogP contribution in [0.2, 0.25) is 10.0 Å². The fourth-order valence-electron chi connectivity index (χ4n) is 3.75. The van der Waals surface area contributed by atoms with Gasteiger partial charge in [0.15, 0.2) is 0 Å². The lowest BCUT2D eigenvalue weighted by Crippen LogP contribution is -2.50. The Kier molecular flexibility index (Phi) is 6.22. The van der Waals surface area contributed by atoms with Crippen molar-refractivity contribution < 1.29 is 14.0 Å². The van der Waals surface area contributed by atoms with Crippen molar-refractivity contribution in [2.24, 2.45) is 0 Å². The Morgan fingerprint density at radius 1 is 0.906 bits per heavy atom. The summed E-state index contributed by atoms with van der Waals surface area (Å²) < 4.78 is 15.0. The fraction of sp³-hybridized carbons (Fsp3) is 0.261. The zero-order valence-electron chi connectivity index (χ0n) is 17.6. The number of carbonyl (C=O) groups is 2. The second-order valence-electron chi connectivity index (χ2n) is 7.65. The molecule has 1 aliphatic heterocycles. The smallest absolute Gasteiger partial charge is 0.255 e. The lowest BCUT2D eigenvalue weighted by molar-refractivity contribution is 0.0535. The van der Waals surface area contributed by atoms with Crippen LogP contribution in [0.15, 0.2) is 42.5 Å². The highest BCUT2D eigenvalue weighted by atomic mass is 35.5. The minimum absolute atomic E-state index is 0.0810. The molecule has 0 spiro atoms. The standard InChI is InChI=1S/C23H21Cl2FN4O2/c1-14-21(25)15(2)30(27-14)18-6-3-16(4-7-18)22(31)28-9-11-29(12-10-28)23(32)19-8-5-17(26)13-20(19)24/h3-8,13H,9-12H2,1-2H3. The van der Waals surface area contributed by atoms with E-state index in [4.69, 9.17) is 23.2 Å². The Balaban J connectivity index is 1.41. The van der Waals surface area contributed by atoms with E-state index in [1.54, 1.807) is 26.6 Å². The number of rotatable bonds is 3. The first kappa shape index (κ1) is 22.3. The number of hydrogen-bond donors (Lipinski definition) is 0. The lowest BCUT2D eigenvalue weighted by Gasteiger charge is -2.35. The summed E-state index contributed by atoms with van der Waals surface area (Å²) in [4.78, 5) is 29.0. The molecule has 0 bridgehead atoms. The van der Waals surface area contributed by atoms with Crippen LogP contribution in [0.5, 0.6) is 0 Å². The Morgan fingerprint density at radius 3 is 2.03 bits per heavy atom. The second-order valence-corrected chi connectivity index (χ2v) is 8.44. The van der Waals surface area contributed by atoms with Gasteiger partial charge in [-0.05, 0) is 56.3 Å². The molecule has 1 aliphatic rings. The number of halogens is 3. The van der Waals surface area contributed by atoms with Crippen LogP contribution >= 0.6 is 23.2 Å². The van der Waals surface area contributed by atoms with Crippen LogP contribution in [0.4, 0.5) is 4.39 Å². The summed E-state index contributed by atoms with van der Waals surface area (Å²) in [5, 5.41) is 5.13. The number of aryl methyl sites for hydroxylation is 1. The van der Waals surface area contributed by atoms with Crippen molar-refractivity contribution >= 4 is 35.0 Å². The molecule has 0 aliphatic carbocycles. The molecule has 0 saturated carbocycles. The first-order valence-electron chi connectivity index (χ1n) is 10.1. The number of aromatic nitrogens is 2. The van der Waals surface area contributed by atoms with Crippen LogP contribution in [0.3, 0.4) is 0 Å². The van der Waals surface area contributed by atoms with Gasteiger partial charge in [-0.2, -0.15) is 5.10 Å². The SMILES string of the molecule is Cc1nn(-c2ccc(C(=O)N3CCN(C(=O)c4ccc(F)cc4Cl)CC3)cc2)c(C)c1Cl. The van der Waals surface area contributed by atoms with Gasteiger partial charge in [-0.25, -0.2) is 9.07 Å². The number of carbonyl (C=O) groups excluding carboxylic acids is 2. The Hall–Kier alpha value is -2.90. The molecule has 2 amide bonds. The summed E-state index contributed by atoms with van der Waals surface area (Å²) in [6, 6.07) is 10.9. The average molecular weight is 475 g/mol. The number of benzene rings is 2. The van der Waals surface area contributed by atoms with E-state index < -0.39 is 5.82 Å². The van der Waals surface area contributed by atoms with E-state index in [-0.39, 0.29) is 22.4 Å². The van der Waals surface area contributed by atoms with Gasteiger partial charge in [0, 0.05) is 31.7 Å². The van der Waals surface area contributed by atoms with Gasteiger partial charge in [-0.15, -0.1) is 0 Å². The molecular formula is C23H21Cl2FN4O2. The largest absolute Gasteiger partial charge is 0.335 e. The maximum atomic E-state index is 13.3. The van der Waals surface area contributed by atoms with Gasteiger partial charge in [0.25, 0.3) is 11.8 Å². The zero-order chi connectivity index (χ0) is 23.0. The lowest BCUT2D eigenvalue weighted by atomic mass is 10.1. The van der Waals surface area contributed by atoms with Crippen molar-refractivity contribution in [2.75, 3.05) is 26.2 Å². The summed E-state index contributed by atoms with van der Waals surface area (Å²) in [5.41, 5.74) is 3.22. The molecule has 0 unspecified atom stereocenters. The summed E-state index contributed by atoms with van der Waals surface area (Å²) in [6.07, 6.45) is 0. The zero-order valence-corrected chi connectivity index (χ0v) is 19.1. The highest BCUT2D eigenvalue weighted by Crippen LogP contribution is 2.23. The predicted octanol–water partition coefficient (Wildman–Crippen LogP) is 4.53. The molecule has 1 saturated heterocycles. The molecule has 2 aromatic carbocycles. The van der Waals surface area contributed by atoms with E-state index in [9.17, 15) is 14.0 Å². The molecule has 3 aromatic rings. The van der Waals surface area contributed by atoms with E-state index in [0.717, 1.165) is 23.1 Å². The predicted molar refractivity (Wildman–Crippen MR) is 121 cm³/mol. The maximum absolute atomic E-state index is 13.3. The number of nitrogens with zero attached hydrogens (tertiary/aromatic N) is 4. The highest BCUT2D eigenvalue weighted by molar-refractivity contribution is 6.33. The van der Waals surface area contributed by atoms with E-state index in [1.807, 2.05) is 26.0 Å². The van der Waals surface area contributed by atoms with Gasteiger partial charge in [0.1, 0.15) is 5.82 Å². The first-order chi connectivity index (χ1) is 15.3. The van der Waals surface area contributed by atoms with Crippen LogP contribution in [0.1, 0.15) is 32.1 Å². The minimum atomic E-state index is -0.492. The van der Waals surface area contributed by atoms with Crippen molar-refractivity contribution in [1.82, 2.24) is 19.6 Å². The Labute approximate surface area is 195 Å². The number of piperazine rings is 1. The van der Waals surface area contributed by atoms with Crippen molar-refractivity contribution in [1.29, 1.82) is 0 Å². The van der Waals surface area contributed by atoms with Gasteiger partial charge in [0.2, 0.25) is 0 Å². The van der Waals surface area contributed by atoms with Gasteiger partial charge >= 0.3 is 0 Å². The molecule has 6 nitrogen and oxygen atoms in total.